The molecular weight excluding hydrogens is 288 g/mol. The third-order valence-electron chi connectivity index (χ3n) is 0. The Bertz CT molecular complexity index is 6.85. The Labute approximate surface area is 58.7 Å². The van der Waals surface area contributed by atoms with Crippen LogP contribution in [0, 0.1) is 46.0 Å². The van der Waals surface area contributed by atoms with Crippen LogP contribution in [0.5, 0.6) is 0 Å². The molecule has 0 radical (unpaired) electrons. The van der Waals surface area contributed by atoms with Crippen molar-refractivity contribution in [1.82, 2.24) is 0 Å². The van der Waals surface area contributed by atoms with Gasteiger partial charge in [0.15, 0.2) is 0 Å². The zero-order chi connectivity index (χ0) is 2.00. The molecule has 0 saturated heterocycles. The molecular formula is C3H11NU. The van der Waals surface area contributed by atoms with Crippen molar-refractivity contribution in [3.8, 4) is 0 Å². The van der Waals surface area contributed by atoms with Gasteiger partial charge in [0.2, 0.25) is 0 Å². The van der Waals surface area contributed by atoms with Crippen molar-refractivity contribution in [2.24, 2.45) is 5.73 Å². The Kier molecular flexibility index (Phi) is 588. The summed E-state index contributed by atoms with van der Waals surface area (Å²) in [5, 5.41) is 0. The first-order chi connectivity index (χ1) is 1.00. The van der Waals surface area contributed by atoms with Crippen molar-refractivity contribution < 1.29 is 31.1 Å². The minimum absolute atomic E-state index is 0. The molecule has 0 aromatic carbocycles. The van der Waals surface area contributed by atoms with Crippen LogP contribution in [0.15, 0.2) is 0 Å². The Morgan fingerprint density at radius 1 is 1.00 bits per heavy atom. The molecule has 0 unspecified atom stereocenters. The molecule has 0 aliphatic heterocycles. The number of hydrogen-bond acceptors (Lipinski definition) is 1. The van der Waals surface area contributed by atoms with E-state index in [0.29, 0.717) is 0 Å². The van der Waals surface area contributed by atoms with Crippen LogP contribution >= 0.6 is 0 Å². The average Bonchev–Trinajstić information content (AvgIpc) is 1.00. The second-order valence-electron chi connectivity index (χ2n) is 0. The molecule has 5 heavy (non-hydrogen) atoms. The molecule has 0 amide bonds. The van der Waals surface area contributed by atoms with E-state index < -0.39 is 0 Å². The molecule has 0 aliphatic rings. The van der Waals surface area contributed by atoms with Crippen LogP contribution in [-0.4, -0.2) is 7.05 Å². The first-order valence-corrected chi connectivity index (χ1v) is 0.577. The molecule has 0 spiro atoms. The summed E-state index contributed by atoms with van der Waals surface area (Å²) in [5.74, 6) is 0. The zero-order valence-electron chi connectivity index (χ0n) is 4.08. The maximum Gasteiger partial charge on any atom is 2.00 e. The standard InChI is InChI=1S/CH5N.2CH3.U/c1-2;;;/h2H2,1H3;2*1H3;/q;2*-1;+2. The summed E-state index contributed by atoms with van der Waals surface area (Å²) in [4.78, 5) is 0. The Morgan fingerprint density at radius 3 is 1.00 bits per heavy atom. The third kappa shape index (κ3) is 44.4. The van der Waals surface area contributed by atoms with Crippen LogP contribution < -0.4 is 5.73 Å². The summed E-state index contributed by atoms with van der Waals surface area (Å²) in [7, 11) is 1.50. The molecule has 0 bridgehead atoms. The van der Waals surface area contributed by atoms with E-state index in [0.717, 1.165) is 0 Å². The Morgan fingerprint density at radius 2 is 1.00 bits per heavy atom. The van der Waals surface area contributed by atoms with Gasteiger partial charge in [0.05, 0.1) is 0 Å². The first-order valence-electron chi connectivity index (χ1n) is 0.577. The monoisotopic (exact) mass is 299 g/mol. The van der Waals surface area contributed by atoms with Gasteiger partial charge in [0.1, 0.15) is 0 Å². The van der Waals surface area contributed by atoms with Crippen LogP contribution in [0.2, 0.25) is 0 Å². The molecule has 0 fully saturated rings. The minimum Gasteiger partial charge on any atom is -0.358 e. The van der Waals surface area contributed by atoms with Gasteiger partial charge in [0, 0.05) is 0 Å². The van der Waals surface area contributed by atoms with Crippen LogP contribution in [0.3, 0.4) is 0 Å². The Balaban J connectivity index is -0.00000000167. The molecule has 0 aromatic rings. The first kappa shape index (κ1) is 37.3. The quantitative estimate of drug-likeness (QED) is 0.647. The van der Waals surface area contributed by atoms with E-state index in [9.17, 15) is 0 Å². The van der Waals surface area contributed by atoms with Crippen LogP contribution in [0.1, 0.15) is 0 Å². The molecule has 0 saturated carbocycles. The van der Waals surface area contributed by atoms with Gasteiger partial charge >= 0.3 is 31.1 Å². The summed E-state index contributed by atoms with van der Waals surface area (Å²) in [5.41, 5.74) is 4.50. The fraction of sp³-hybridized carbons (Fsp3) is 0.333. The van der Waals surface area contributed by atoms with E-state index in [4.69, 9.17) is 0 Å². The topological polar surface area (TPSA) is 26.0 Å². The molecule has 0 atom stereocenters. The predicted molar refractivity (Wildman–Crippen MR) is 22.9 cm³/mol. The maximum absolute atomic E-state index is 4.50. The summed E-state index contributed by atoms with van der Waals surface area (Å²) in [6.07, 6.45) is 0. The van der Waals surface area contributed by atoms with E-state index in [1.54, 1.807) is 0 Å². The molecule has 0 heterocycles. The number of rotatable bonds is 0. The Hall–Kier alpha value is 1.01. The largest absolute Gasteiger partial charge is 2.00 e. The zero-order valence-corrected chi connectivity index (χ0v) is 8.24. The van der Waals surface area contributed by atoms with Gasteiger partial charge in [-0.1, -0.05) is 0 Å². The van der Waals surface area contributed by atoms with E-state index in [1.807, 2.05) is 0 Å². The summed E-state index contributed by atoms with van der Waals surface area (Å²) in [6, 6.07) is 0. The summed E-state index contributed by atoms with van der Waals surface area (Å²) >= 11 is 0. The molecule has 0 aliphatic carbocycles. The van der Waals surface area contributed by atoms with Gasteiger partial charge < -0.3 is 20.6 Å². The van der Waals surface area contributed by atoms with Gasteiger partial charge in [-0.2, -0.15) is 0 Å². The smallest absolute Gasteiger partial charge is 0.358 e. The van der Waals surface area contributed by atoms with Gasteiger partial charge in [0.25, 0.3) is 0 Å². The second kappa shape index (κ2) is 78.8. The minimum atomic E-state index is 0. The number of hydrogen-bond donors (Lipinski definition) is 1. The maximum atomic E-state index is 4.50. The second-order valence-corrected chi connectivity index (χ2v) is 0. The van der Waals surface area contributed by atoms with Crippen molar-refractivity contribution in [3.05, 3.63) is 14.9 Å². The van der Waals surface area contributed by atoms with E-state index in [1.165, 1.54) is 7.05 Å². The summed E-state index contributed by atoms with van der Waals surface area (Å²) in [6.45, 7) is 0. The predicted octanol–water partition coefficient (Wildman–Crippen LogP) is 0.475. The molecule has 2 N–H and O–H groups in total. The molecule has 2 heteroatoms. The van der Waals surface area contributed by atoms with Crippen molar-refractivity contribution in [1.29, 1.82) is 0 Å². The van der Waals surface area contributed by atoms with Crippen LogP contribution in [0.25, 0.3) is 0 Å². The molecule has 1 nitrogen and oxygen atoms in total. The van der Waals surface area contributed by atoms with Gasteiger partial charge in [-0.3, -0.25) is 0 Å². The fourth-order valence-corrected chi connectivity index (χ4v) is 0. The van der Waals surface area contributed by atoms with Crippen molar-refractivity contribution >= 4 is 0 Å². The van der Waals surface area contributed by atoms with Gasteiger partial charge in [-0.05, 0) is 7.05 Å². The molecule has 0 rings (SSSR count). The fourth-order valence-electron chi connectivity index (χ4n) is 0. The van der Waals surface area contributed by atoms with Crippen molar-refractivity contribution in [2.45, 2.75) is 0 Å². The van der Waals surface area contributed by atoms with Gasteiger partial charge in [-0.15, -0.1) is 0 Å². The number of nitrogens with two attached hydrogens (primary N) is 1. The van der Waals surface area contributed by atoms with E-state index >= 15 is 0 Å². The normalized spacial score (nSPS) is 1.20. The van der Waals surface area contributed by atoms with Crippen LogP contribution in [-0.2, 0) is 0 Å². The SMILES string of the molecule is CN.[CH3-].[CH3-].[U+2]. The van der Waals surface area contributed by atoms with Crippen molar-refractivity contribution in [2.75, 3.05) is 7.05 Å². The van der Waals surface area contributed by atoms with Crippen LogP contribution in [0.4, 0.5) is 0 Å². The van der Waals surface area contributed by atoms with Gasteiger partial charge in [-0.25, -0.2) is 0 Å². The van der Waals surface area contributed by atoms with Crippen molar-refractivity contribution in [3.63, 3.8) is 0 Å². The summed E-state index contributed by atoms with van der Waals surface area (Å²) < 4.78 is 0. The van der Waals surface area contributed by atoms with E-state index in [2.05, 4.69) is 5.73 Å². The molecule has 32 valence electrons. The van der Waals surface area contributed by atoms with E-state index in [-0.39, 0.29) is 46.0 Å². The molecule has 0 aromatic heterocycles. The third-order valence-corrected chi connectivity index (χ3v) is 0. The average molecular weight is 299 g/mol.